The molecule has 8 heteroatoms. The monoisotopic (exact) mass is 361 g/mol. The molecule has 1 aliphatic heterocycles. The van der Waals surface area contributed by atoms with Crippen molar-refractivity contribution in [3.63, 3.8) is 0 Å². The minimum atomic E-state index is -0.355. The third-order valence-corrected chi connectivity index (χ3v) is 4.42. The Morgan fingerprint density at radius 2 is 1.95 bits per heavy atom. The Balaban J connectivity index is 2.19. The van der Waals surface area contributed by atoms with Crippen LogP contribution in [0.15, 0.2) is 17.0 Å². The van der Waals surface area contributed by atoms with E-state index in [1.54, 1.807) is 7.11 Å². The summed E-state index contributed by atoms with van der Waals surface area (Å²) in [5, 5.41) is 9.36. The van der Waals surface area contributed by atoms with Gasteiger partial charge in [-0.25, -0.2) is 0 Å². The van der Waals surface area contributed by atoms with Crippen LogP contribution in [0.5, 0.6) is 5.75 Å². The normalized spacial score (nSPS) is 16.9. The largest absolute Gasteiger partial charge is 0.505 e. The molecule has 0 radical (unpaired) electrons. The maximum atomic E-state index is 12.2. The minimum absolute atomic E-state index is 0.0815. The van der Waals surface area contributed by atoms with Gasteiger partial charge in [0.25, 0.3) is 11.1 Å². The van der Waals surface area contributed by atoms with Crippen LogP contribution in [-0.2, 0) is 9.53 Å². The lowest BCUT2D eigenvalue weighted by Gasteiger charge is -2.11. The molecule has 0 atom stereocenters. The number of nitrogens with zero attached hydrogens (tertiary/aromatic N) is 1. The molecule has 1 aliphatic rings. The van der Waals surface area contributed by atoms with Gasteiger partial charge in [0.15, 0.2) is 5.75 Å². The van der Waals surface area contributed by atoms with Crippen LogP contribution in [0.25, 0.3) is 6.08 Å². The molecular weight excluding hydrogens is 349 g/mol. The van der Waals surface area contributed by atoms with Gasteiger partial charge in [-0.05, 0) is 42.0 Å². The number of thioether (sulfide) groups is 1. The fourth-order valence-electron chi connectivity index (χ4n) is 1.88. The summed E-state index contributed by atoms with van der Waals surface area (Å²) in [6, 6.07) is 2.95. The van der Waals surface area contributed by atoms with E-state index in [0.717, 1.165) is 11.8 Å². The number of benzene rings is 1. The Morgan fingerprint density at radius 3 is 2.55 bits per heavy atom. The molecule has 0 unspecified atom stereocenters. The number of methoxy groups -OCH3 is 1. The fraction of sp³-hybridized carbons (Fsp3) is 0.286. The third-order valence-electron chi connectivity index (χ3n) is 2.94. The van der Waals surface area contributed by atoms with Crippen LogP contribution in [-0.4, -0.2) is 41.4 Å². The van der Waals surface area contributed by atoms with E-state index in [2.05, 4.69) is 0 Å². The third kappa shape index (κ3) is 3.76. The van der Waals surface area contributed by atoms with Crippen molar-refractivity contribution in [1.29, 1.82) is 0 Å². The van der Waals surface area contributed by atoms with Gasteiger partial charge in [0.2, 0.25) is 0 Å². The van der Waals surface area contributed by atoms with E-state index >= 15 is 0 Å². The van der Waals surface area contributed by atoms with Crippen molar-refractivity contribution >= 4 is 52.2 Å². The Labute approximate surface area is 141 Å². The number of carbonyl (C=O) groups is 2. The highest BCUT2D eigenvalue weighted by molar-refractivity contribution is 8.18. The summed E-state index contributed by atoms with van der Waals surface area (Å²) in [5.41, 5.74) is 0.537. The Kier molecular flexibility index (Phi) is 5.74. The average molecular weight is 362 g/mol. The number of aromatic hydroxyl groups is 1. The highest BCUT2D eigenvalue weighted by Crippen LogP contribution is 2.36. The highest BCUT2D eigenvalue weighted by atomic mass is 35.5. The molecule has 0 aliphatic carbocycles. The number of ether oxygens (including phenoxy) is 1. The number of phenolic OH excluding ortho intramolecular Hbond substituents is 1. The van der Waals surface area contributed by atoms with Crippen LogP contribution in [0.1, 0.15) is 12.0 Å². The van der Waals surface area contributed by atoms with Crippen LogP contribution < -0.4 is 0 Å². The van der Waals surface area contributed by atoms with E-state index in [1.165, 1.54) is 23.1 Å². The van der Waals surface area contributed by atoms with E-state index in [1.807, 2.05) is 0 Å². The molecule has 2 rings (SSSR count). The average Bonchev–Trinajstić information content (AvgIpc) is 2.72. The first-order valence-corrected chi connectivity index (χ1v) is 7.93. The molecule has 1 saturated heterocycles. The topological polar surface area (TPSA) is 66.8 Å². The summed E-state index contributed by atoms with van der Waals surface area (Å²) in [4.78, 5) is 25.5. The molecule has 2 amide bonds. The van der Waals surface area contributed by atoms with Crippen LogP contribution >= 0.6 is 35.0 Å². The first-order chi connectivity index (χ1) is 10.4. The number of hydrogen-bond acceptors (Lipinski definition) is 5. The molecule has 1 fully saturated rings. The fourth-order valence-corrected chi connectivity index (χ4v) is 3.25. The second-order valence-corrected chi connectivity index (χ2v) is 6.32. The van der Waals surface area contributed by atoms with Gasteiger partial charge in [0.1, 0.15) is 0 Å². The summed E-state index contributed by atoms with van der Waals surface area (Å²) in [7, 11) is 1.56. The predicted octanol–water partition coefficient (Wildman–Crippen LogP) is 3.77. The Bertz CT molecular complexity index is 625. The van der Waals surface area contributed by atoms with Crippen molar-refractivity contribution in [2.24, 2.45) is 0 Å². The summed E-state index contributed by atoms with van der Waals surface area (Å²) >= 11 is 12.5. The maximum Gasteiger partial charge on any atom is 0.293 e. The molecule has 1 N–H and O–H groups in total. The van der Waals surface area contributed by atoms with Crippen molar-refractivity contribution in [1.82, 2.24) is 4.90 Å². The second kappa shape index (κ2) is 7.37. The molecule has 0 saturated carbocycles. The minimum Gasteiger partial charge on any atom is -0.505 e. The van der Waals surface area contributed by atoms with Crippen LogP contribution in [0.3, 0.4) is 0 Å². The van der Waals surface area contributed by atoms with Crippen LogP contribution in [0.2, 0.25) is 10.0 Å². The molecule has 22 heavy (non-hydrogen) atoms. The van der Waals surface area contributed by atoms with Crippen LogP contribution in [0, 0.1) is 0 Å². The molecule has 1 aromatic rings. The van der Waals surface area contributed by atoms with Gasteiger partial charge in [-0.2, -0.15) is 0 Å². The van der Waals surface area contributed by atoms with E-state index in [-0.39, 0.29) is 26.9 Å². The van der Waals surface area contributed by atoms with Gasteiger partial charge in [0, 0.05) is 20.3 Å². The summed E-state index contributed by atoms with van der Waals surface area (Å²) in [5.74, 6) is -0.570. The summed E-state index contributed by atoms with van der Waals surface area (Å²) in [6.45, 7) is 0.789. The molecule has 0 bridgehead atoms. The van der Waals surface area contributed by atoms with Gasteiger partial charge < -0.3 is 9.84 Å². The molecule has 0 spiro atoms. The first kappa shape index (κ1) is 17.1. The van der Waals surface area contributed by atoms with Crippen molar-refractivity contribution < 1.29 is 19.4 Å². The second-order valence-electron chi connectivity index (χ2n) is 4.51. The number of halogens is 2. The predicted molar refractivity (Wildman–Crippen MR) is 87.3 cm³/mol. The smallest absolute Gasteiger partial charge is 0.293 e. The SMILES string of the molecule is COCCCN1C(=O)S/C(=C/c2cc(Cl)c(O)c(Cl)c2)C1=O. The van der Waals surface area contributed by atoms with E-state index in [0.29, 0.717) is 30.0 Å². The van der Waals surface area contributed by atoms with E-state index in [9.17, 15) is 14.7 Å². The lowest BCUT2D eigenvalue weighted by atomic mass is 10.2. The zero-order valence-corrected chi connectivity index (χ0v) is 14.0. The zero-order valence-electron chi connectivity index (χ0n) is 11.6. The summed E-state index contributed by atoms with van der Waals surface area (Å²) in [6.07, 6.45) is 2.11. The van der Waals surface area contributed by atoms with Crippen molar-refractivity contribution in [2.75, 3.05) is 20.3 Å². The van der Waals surface area contributed by atoms with Gasteiger partial charge in [-0.3, -0.25) is 14.5 Å². The number of carbonyl (C=O) groups excluding carboxylic acids is 2. The molecule has 1 heterocycles. The Morgan fingerprint density at radius 1 is 1.32 bits per heavy atom. The molecular formula is C14H13Cl2NO4S. The standard InChI is InChI=1S/C14H13Cl2NO4S/c1-21-4-2-3-17-13(19)11(22-14(17)20)7-8-5-9(15)12(18)10(16)6-8/h5-7,18H,2-4H2,1H3/b11-7+. The number of hydrogen-bond donors (Lipinski definition) is 1. The zero-order chi connectivity index (χ0) is 16.3. The molecule has 5 nitrogen and oxygen atoms in total. The molecule has 0 aromatic heterocycles. The molecule has 1 aromatic carbocycles. The number of amides is 2. The maximum absolute atomic E-state index is 12.2. The van der Waals surface area contributed by atoms with Crippen molar-refractivity contribution in [3.8, 4) is 5.75 Å². The number of phenols is 1. The first-order valence-electron chi connectivity index (χ1n) is 6.36. The lowest BCUT2D eigenvalue weighted by Crippen LogP contribution is -2.29. The van der Waals surface area contributed by atoms with E-state index in [4.69, 9.17) is 27.9 Å². The van der Waals surface area contributed by atoms with E-state index < -0.39 is 0 Å². The number of rotatable bonds is 5. The molecule has 118 valence electrons. The summed E-state index contributed by atoms with van der Waals surface area (Å²) < 4.78 is 4.91. The lowest BCUT2D eigenvalue weighted by molar-refractivity contribution is -0.122. The van der Waals surface area contributed by atoms with Crippen molar-refractivity contribution in [3.05, 3.63) is 32.6 Å². The van der Waals surface area contributed by atoms with Crippen molar-refractivity contribution in [2.45, 2.75) is 6.42 Å². The number of imide groups is 1. The van der Waals surface area contributed by atoms with Gasteiger partial charge in [0.05, 0.1) is 15.0 Å². The Hall–Kier alpha value is -1.21. The quantitative estimate of drug-likeness (QED) is 0.638. The van der Waals surface area contributed by atoms with Gasteiger partial charge in [-0.15, -0.1) is 0 Å². The van der Waals surface area contributed by atoms with Crippen LogP contribution in [0.4, 0.5) is 4.79 Å². The highest BCUT2D eigenvalue weighted by Gasteiger charge is 2.34. The van der Waals surface area contributed by atoms with Gasteiger partial charge in [-0.1, -0.05) is 23.2 Å². The van der Waals surface area contributed by atoms with Gasteiger partial charge >= 0.3 is 0 Å².